The van der Waals surface area contributed by atoms with Crippen LogP contribution in [0.2, 0.25) is 0 Å². The summed E-state index contributed by atoms with van der Waals surface area (Å²) in [6.45, 7) is 5.83. The number of hydrogen-bond donors (Lipinski definition) is 2. The Kier molecular flexibility index (Phi) is 3.28. The lowest BCUT2D eigenvalue weighted by atomic mass is 9.78. The molecule has 1 rings (SSSR count). The van der Waals surface area contributed by atoms with Crippen molar-refractivity contribution in [3.63, 3.8) is 0 Å². The zero-order chi connectivity index (χ0) is 9.84. The maximum atomic E-state index is 9.06. The molecule has 68 valence electrons. The molecule has 1 aromatic carbocycles. The van der Waals surface area contributed by atoms with Gasteiger partial charge in [-0.15, -0.1) is 0 Å². The molecule has 0 heterocycles. The summed E-state index contributed by atoms with van der Waals surface area (Å²) in [5.41, 5.74) is 0.523. The molecule has 3 heteroatoms. The summed E-state index contributed by atoms with van der Waals surface area (Å²) >= 11 is 0. The normalized spacial score (nSPS) is 11.8. The fraction of sp³-hybridized carbons (Fsp3) is 0.200. The van der Waals surface area contributed by atoms with Gasteiger partial charge in [0.05, 0.1) is 0 Å². The molecule has 0 bridgehead atoms. The smallest absolute Gasteiger partial charge is 0.423 e. The second kappa shape index (κ2) is 4.26. The van der Waals surface area contributed by atoms with E-state index in [-0.39, 0.29) is 0 Å². The Morgan fingerprint density at radius 3 is 2.69 bits per heavy atom. The summed E-state index contributed by atoms with van der Waals surface area (Å²) in [5.74, 6) is 0. The average molecular weight is 176 g/mol. The quantitative estimate of drug-likeness (QED) is 0.565. The molecule has 0 saturated heterocycles. The number of rotatable bonds is 2. The largest absolute Gasteiger partial charge is 0.489 e. The summed E-state index contributed by atoms with van der Waals surface area (Å²) in [4.78, 5) is 0. The van der Waals surface area contributed by atoms with Crippen LogP contribution in [-0.4, -0.2) is 17.2 Å². The Balaban J connectivity index is 3.44. The van der Waals surface area contributed by atoms with Crippen LogP contribution >= 0.6 is 0 Å². The molecule has 0 spiro atoms. The summed E-state index contributed by atoms with van der Waals surface area (Å²) in [6, 6.07) is 5.32. The topological polar surface area (TPSA) is 40.5 Å². The fourth-order valence-electron chi connectivity index (χ4n) is 1.31. The SMILES string of the molecule is C=c1cccc(B(O)O)/c1=C/CC. The predicted molar refractivity (Wildman–Crippen MR) is 55.8 cm³/mol. The molecule has 0 aliphatic heterocycles. The van der Waals surface area contributed by atoms with E-state index >= 15 is 0 Å². The van der Waals surface area contributed by atoms with Crippen LogP contribution in [0, 0.1) is 0 Å². The van der Waals surface area contributed by atoms with E-state index in [9.17, 15) is 0 Å². The Hall–Kier alpha value is -1.06. The third kappa shape index (κ3) is 2.20. The summed E-state index contributed by atoms with van der Waals surface area (Å²) in [6.07, 6.45) is 2.80. The Labute approximate surface area is 78.0 Å². The number of benzene rings is 1. The van der Waals surface area contributed by atoms with Gasteiger partial charge in [0.25, 0.3) is 0 Å². The van der Waals surface area contributed by atoms with Gasteiger partial charge in [0.2, 0.25) is 0 Å². The van der Waals surface area contributed by atoms with Gasteiger partial charge in [0.1, 0.15) is 0 Å². The number of hydrogen-bond acceptors (Lipinski definition) is 2. The molecule has 2 N–H and O–H groups in total. The fourth-order valence-corrected chi connectivity index (χ4v) is 1.31. The highest BCUT2D eigenvalue weighted by atomic mass is 16.4. The van der Waals surface area contributed by atoms with Crippen LogP contribution in [-0.2, 0) is 0 Å². The van der Waals surface area contributed by atoms with E-state index in [0.29, 0.717) is 5.46 Å². The van der Waals surface area contributed by atoms with Crippen molar-refractivity contribution in [1.29, 1.82) is 0 Å². The predicted octanol–water partition coefficient (Wildman–Crippen LogP) is -1.03. The van der Waals surface area contributed by atoms with E-state index in [2.05, 4.69) is 6.58 Å². The van der Waals surface area contributed by atoms with E-state index in [1.165, 1.54) is 0 Å². The molecule has 0 unspecified atom stereocenters. The van der Waals surface area contributed by atoms with Gasteiger partial charge in [0.15, 0.2) is 0 Å². The lowest BCUT2D eigenvalue weighted by Gasteiger charge is -2.00. The summed E-state index contributed by atoms with van der Waals surface area (Å²) in [7, 11) is -1.42. The Bertz CT molecular complexity index is 384. The monoisotopic (exact) mass is 176 g/mol. The molecule has 0 aliphatic carbocycles. The first-order valence-electron chi connectivity index (χ1n) is 4.31. The minimum Gasteiger partial charge on any atom is -0.423 e. The van der Waals surface area contributed by atoms with Crippen molar-refractivity contribution in [2.75, 3.05) is 0 Å². The van der Waals surface area contributed by atoms with Crippen LogP contribution in [0.15, 0.2) is 18.2 Å². The second-order valence-electron chi connectivity index (χ2n) is 2.91. The molecule has 0 atom stereocenters. The van der Waals surface area contributed by atoms with Crippen LogP contribution in [0.3, 0.4) is 0 Å². The minimum absolute atomic E-state index is 0.523. The zero-order valence-electron chi connectivity index (χ0n) is 7.70. The van der Waals surface area contributed by atoms with Crippen molar-refractivity contribution in [1.82, 2.24) is 0 Å². The van der Waals surface area contributed by atoms with Crippen LogP contribution in [0.5, 0.6) is 0 Å². The van der Waals surface area contributed by atoms with Crippen LogP contribution in [0.4, 0.5) is 0 Å². The van der Waals surface area contributed by atoms with Crippen LogP contribution in [0.1, 0.15) is 13.3 Å². The van der Waals surface area contributed by atoms with Crippen molar-refractivity contribution in [3.8, 4) is 0 Å². The average Bonchev–Trinajstić information content (AvgIpc) is 2.08. The molecule has 0 aromatic heterocycles. The molecule has 2 nitrogen and oxygen atoms in total. The van der Waals surface area contributed by atoms with Gasteiger partial charge in [-0.1, -0.05) is 37.8 Å². The van der Waals surface area contributed by atoms with E-state index in [0.717, 1.165) is 16.9 Å². The van der Waals surface area contributed by atoms with Crippen molar-refractivity contribution in [2.24, 2.45) is 0 Å². The molecule has 0 saturated carbocycles. The van der Waals surface area contributed by atoms with Gasteiger partial charge >= 0.3 is 7.12 Å². The zero-order valence-corrected chi connectivity index (χ0v) is 7.70. The van der Waals surface area contributed by atoms with Gasteiger partial charge in [-0.25, -0.2) is 0 Å². The molecular formula is C10H13BO2. The molecule has 0 amide bonds. The van der Waals surface area contributed by atoms with Crippen molar-refractivity contribution in [3.05, 3.63) is 28.6 Å². The van der Waals surface area contributed by atoms with E-state index < -0.39 is 7.12 Å². The maximum absolute atomic E-state index is 9.06. The van der Waals surface area contributed by atoms with Crippen molar-refractivity contribution < 1.29 is 10.0 Å². The first-order valence-corrected chi connectivity index (χ1v) is 4.31. The highest BCUT2D eigenvalue weighted by Gasteiger charge is 2.11. The second-order valence-corrected chi connectivity index (χ2v) is 2.91. The lowest BCUT2D eigenvalue weighted by Crippen LogP contribution is -2.47. The first kappa shape index (κ1) is 10.0. The maximum Gasteiger partial charge on any atom is 0.489 e. The molecule has 1 aromatic rings. The summed E-state index contributed by atoms with van der Waals surface area (Å²) in [5, 5.41) is 19.8. The third-order valence-electron chi connectivity index (χ3n) is 1.92. The van der Waals surface area contributed by atoms with Crippen molar-refractivity contribution in [2.45, 2.75) is 13.3 Å². The van der Waals surface area contributed by atoms with Gasteiger partial charge in [-0.3, -0.25) is 0 Å². The molecule has 13 heavy (non-hydrogen) atoms. The molecular weight excluding hydrogens is 163 g/mol. The molecule has 0 aliphatic rings. The van der Waals surface area contributed by atoms with Gasteiger partial charge in [-0.05, 0) is 22.3 Å². The lowest BCUT2D eigenvalue weighted by molar-refractivity contribution is 0.425. The van der Waals surface area contributed by atoms with Gasteiger partial charge in [-0.2, -0.15) is 0 Å². The highest BCUT2D eigenvalue weighted by molar-refractivity contribution is 6.58. The highest BCUT2D eigenvalue weighted by Crippen LogP contribution is 1.77. The van der Waals surface area contributed by atoms with E-state index in [4.69, 9.17) is 10.0 Å². The van der Waals surface area contributed by atoms with Gasteiger partial charge < -0.3 is 10.0 Å². The van der Waals surface area contributed by atoms with Gasteiger partial charge in [0, 0.05) is 0 Å². The Morgan fingerprint density at radius 2 is 2.15 bits per heavy atom. The van der Waals surface area contributed by atoms with E-state index in [1.807, 2.05) is 19.1 Å². The third-order valence-corrected chi connectivity index (χ3v) is 1.92. The first-order chi connectivity index (χ1) is 6.16. The van der Waals surface area contributed by atoms with Crippen molar-refractivity contribution >= 4 is 25.2 Å². The Morgan fingerprint density at radius 1 is 1.46 bits per heavy atom. The summed E-state index contributed by atoms with van der Waals surface area (Å²) < 4.78 is 0. The standard InChI is InChI=1S/C10H13BO2/c1-3-5-9-8(2)6-4-7-10(9)11(12)13/h4-7,12-13H,2-3H2,1H3/b9-5+. The molecule has 0 radical (unpaired) electrons. The van der Waals surface area contributed by atoms with Crippen LogP contribution < -0.4 is 15.9 Å². The van der Waals surface area contributed by atoms with Crippen LogP contribution in [0.25, 0.3) is 12.7 Å². The molecule has 0 fully saturated rings. The van der Waals surface area contributed by atoms with E-state index in [1.54, 1.807) is 12.1 Å². The minimum atomic E-state index is -1.42.